The maximum atomic E-state index is 10.2. The van der Waals surface area contributed by atoms with Gasteiger partial charge >= 0.3 is 5.97 Å². The van der Waals surface area contributed by atoms with E-state index >= 15 is 0 Å². The molecule has 0 bridgehead atoms. The fourth-order valence-corrected chi connectivity index (χ4v) is 1.62. The number of rotatable bonds is 12. The molecule has 4 heteroatoms. The zero-order chi connectivity index (χ0) is 12.1. The highest BCUT2D eigenvalue weighted by Gasteiger charge is 1.96. The predicted octanol–water partition coefficient (Wildman–Crippen LogP) is 2.33. The number of hydrogen-bond donors (Lipinski definition) is 2. The van der Waals surface area contributed by atoms with E-state index in [4.69, 9.17) is 5.11 Å². The first-order valence-electron chi connectivity index (χ1n) is 6.16. The predicted molar refractivity (Wildman–Crippen MR) is 63.3 cm³/mol. The van der Waals surface area contributed by atoms with Crippen LogP contribution in [-0.4, -0.2) is 24.0 Å². The van der Waals surface area contributed by atoms with Gasteiger partial charge in [0.05, 0.1) is 0 Å². The molecule has 0 rings (SSSR count). The molecule has 0 aliphatic rings. The Morgan fingerprint density at radius 1 is 0.938 bits per heavy atom. The van der Waals surface area contributed by atoms with Crippen LogP contribution in [0.5, 0.6) is 0 Å². The van der Waals surface area contributed by atoms with Crippen molar-refractivity contribution in [3.8, 4) is 0 Å². The lowest BCUT2D eigenvalue weighted by atomic mass is 10.1. The smallest absolute Gasteiger partial charge is 0.303 e. The number of hydrogen-bond acceptors (Lipinski definition) is 2. The lowest BCUT2D eigenvalue weighted by Gasteiger charge is -2.01. The molecule has 0 saturated heterocycles. The summed E-state index contributed by atoms with van der Waals surface area (Å²) in [5, 5.41) is 11.1. The van der Waals surface area contributed by atoms with E-state index in [1.807, 2.05) is 0 Å². The summed E-state index contributed by atoms with van der Waals surface area (Å²) in [4.78, 5) is 20.2. The number of nitrogens with one attached hydrogen (secondary N) is 1. The molecule has 0 aromatic rings. The maximum absolute atomic E-state index is 10.2. The Balaban J connectivity index is 2.93. The van der Waals surface area contributed by atoms with Gasteiger partial charge in [-0.3, -0.25) is 9.59 Å². The van der Waals surface area contributed by atoms with Gasteiger partial charge in [-0.2, -0.15) is 0 Å². The van der Waals surface area contributed by atoms with E-state index in [0.717, 1.165) is 45.1 Å². The molecule has 0 saturated carbocycles. The Labute approximate surface area is 97.4 Å². The third-order valence-electron chi connectivity index (χ3n) is 2.55. The van der Waals surface area contributed by atoms with Crippen molar-refractivity contribution >= 4 is 12.4 Å². The van der Waals surface area contributed by atoms with Crippen molar-refractivity contribution in [2.75, 3.05) is 6.54 Å². The second-order valence-electron chi connectivity index (χ2n) is 4.04. The number of aliphatic carboxylic acids is 1. The molecule has 94 valence electrons. The maximum Gasteiger partial charge on any atom is 0.303 e. The molecule has 4 nitrogen and oxygen atoms in total. The normalized spacial score (nSPS) is 10.0. The highest BCUT2D eigenvalue weighted by molar-refractivity contribution is 5.66. The molecule has 0 aromatic heterocycles. The first-order valence-corrected chi connectivity index (χ1v) is 6.16. The summed E-state index contributed by atoms with van der Waals surface area (Å²) in [5.41, 5.74) is 0. The standard InChI is InChI=1S/C12H23NO3/c14-11-13-10-8-6-4-2-1-3-5-7-9-12(15)16/h11H,1-10H2,(H,13,14)(H,15,16). The fourth-order valence-electron chi connectivity index (χ4n) is 1.62. The molecule has 0 radical (unpaired) electrons. The molecule has 0 fully saturated rings. The number of carbonyl (C=O) groups excluding carboxylic acids is 1. The lowest BCUT2D eigenvalue weighted by Crippen LogP contribution is -2.11. The van der Waals surface area contributed by atoms with Gasteiger partial charge in [0.2, 0.25) is 6.41 Å². The molecule has 0 aromatic carbocycles. The van der Waals surface area contributed by atoms with Gasteiger partial charge in [0, 0.05) is 13.0 Å². The van der Waals surface area contributed by atoms with Crippen LogP contribution in [0.2, 0.25) is 0 Å². The lowest BCUT2D eigenvalue weighted by molar-refractivity contribution is -0.137. The zero-order valence-corrected chi connectivity index (χ0v) is 9.91. The quantitative estimate of drug-likeness (QED) is 0.398. The van der Waals surface area contributed by atoms with Crippen molar-refractivity contribution in [1.82, 2.24) is 5.32 Å². The van der Waals surface area contributed by atoms with Gasteiger partial charge in [-0.1, -0.05) is 38.5 Å². The Morgan fingerprint density at radius 3 is 1.94 bits per heavy atom. The van der Waals surface area contributed by atoms with Crippen molar-refractivity contribution in [3.63, 3.8) is 0 Å². The van der Waals surface area contributed by atoms with Crippen LogP contribution < -0.4 is 5.32 Å². The number of amides is 1. The van der Waals surface area contributed by atoms with E-state index in [1.54, 1.807) is 0 Å². The third-order valence-corrected chi connectivity index (χ3v) is 2.55. The van der Waals surface area contributed by atoms with Crippen molar-refractivity contribution in [3.05, 3.63) is 0 Å². The average molecular weight is 229 g/mol. The van der Waals surface area contributed by atoms with Gasteiger partial charge in [0.15, 0.2) is 0 Å². The Hall–Kier alpha value is -1.06. The summed E-state index contributed by atoms with van der Waals surface area (Å²) in [7, 11) is 0. The highest BCUT2D eigenvalue weighted by atomic mass is 16.4. The molecule has 0 aliphatic carbocycles. The first-order chi connectivity index (χ1) is 7.77. The molecule has 0 atom stereocenters. The van der Waals surface area contributed by atoms with Crippen LogP contribution >= 0.6 is 0 Å². The summed E-state index contributed by atoms with van der Waals surface area (Å²) < 4.78 is 0. The van der Waals surface area contributed by atoms with E-state index in [9.17, 15) is 9.59 Å². The summed E-state index contributed by atoms with van der Waals surface area (Å²) in [6, 6.07) is 0. The molecule has 0 heterocycles. The minimum Gasteiger partial charge on any atom is -0.481 e. The van der Waals surface area contributed by atoms with Gasteiger partial charge in [0.1, 0.15) is 0 Å². The van der Waals surface area contributed by atoms with E-state index < -0.39 is 5.97 Å². The number of carbonyl (C=O) groups is 2. The second kappa shape index (κ2) is 12.0. The molecule has 1 amide bonds. The van der Waals surface area contributed by atoms with Gasteiger partial charge in [-0.05, 0) is 12.8 Å². The SMILES string of the molecule is O=CNCCCCCCCCCCC(=O)O. The number of carboxylic acid groups (broad SMARTS) is 1. The van der Waals surface area contributed by atoms with Crippen LogP contribution in [0.25, 0.3) is 0 Å². The minimum atomic E-state index is -0.692. The molecule has 0 aliphatic heterocycles. The molecule has 2 N–H and O–H groups in total. The first kappa shape index (κ1) is 14.9. The largest absolute Gasteiger partial charge is 0.481 e. The highest BCUT2D eigenvalue weighted by Crippen LogP contribution is 2.09. The average Bonchev–Trinajstić information content (AvgIpc) is 2.25. The van der Waals surface area contributed by atoms with Crippen molar-refractivity contribution in [2.24, 2.45) is 0 Å². The van der Waals surface area contributed by atoms with Gasteiger partial charge in [0.25, 0.3) is 0 Å². The summed E-state index contributed by atoms with van der Waals surface area (Å²) >= 11 is 0. The van der Waals surface area contributed by atoms with Gasteiger partial charge in [-0.15, -0.1) is 0 Å². The van der Waals surface area contributed by atoms with E-state index in [1.165, 1.54) is 19.3 Å². The Morgan fingerprint density at radius 2 is 1.44 bits per heavy atom. The number of unbranched alkanes of at least 4 members (excludes halogenated alkanes) is 7. The molecular formula is C12H23NO3. The number of carboxylic acids is 1. The topological polar surface area (TPSA) is 66.4 Å². The van der Waals surface area contributed by atoms with Crippen LogP contribution in [0.4, 0.5) is 0 Å². The molecular weight excluding hydrogens is 206 g/mol. The Kier molecular flexibility index (Phi) is 11.2. The van der Waals surface area contributed by atoms with Crippen LogP contribution in [0, 0.1) is 0 Å². The Bertz CT molecular complexity index is 183. The monoisotopic (exact) mass is 229 g/mol. The van der Waals surface area contributed by atoms with Crippen molar-refractivity contribution in [2.45, 2.75) is 57.8 Å². The van der Waals surface area contributed by atoms with Crippen LogP contribution in [0.15, 0.2) is 0 Å². The summed E-state index contributed by atoms with van der Waals surface area (Å²) in [6.45, 7) is 0.780. The minimum absolute atomic E-state index is 0.303. The summed E-state index contributed by atoms with van der Waals surface area (Å²) in [6.07, 6.45) is 9.85. The van der Waals surface area contributed by atoms with Crippen LogP contribution in [0.3, 0.4) is 0 Å². The van der Waals surface area contributed by atoms with Gasteiger partial charge in [-0.25, -0.2) is 0 Å². The molecule has 0 spiro atoms. The summed E-state index contributed by atoms with van der Waals surface area (Å²) in [5.74, 6) is -0.692. The van der Waals surface area contributed by atoms with E-state index in [2.05, 4.69) is 5.32 Å². The van der Waals surface area contributed by atoms with Crippen molar-refractivity contribution < 1.29 is 14.7 Å². The third kappa shape index (κ3) is 12.9. The van der Waals surface area contributed by atoms with Crippen molar-refractivity contribution in [1.29, 1.82) is 0 Å². The van der Waals surface area contributed by atoms with Crippen LogP contribution in [0.1, 0.15) is 57.8 Å². The fraction of sp³-hybridized carbons (Fsp3) is 0.833. The second-order valence-corrected chi connectivity index (χ2v) is 4.04. The molecule has 0 unspecified atom stereocenters. The van der Waals surface area contributed by atoms with Gasteiger partial charge < -0.3 is 10.4 Å². The van der Waals surface area contributed by atoms with Crippen LogP contribution in [-0.2, 0) is 9.59 Å². The molecule has 16 heavy (non-hydrogen) atoms. The van der Waals surface area contributed by atoms with E-state index in [0.29, 0.717) is 6.42 Å². The van der Waals surface area contributed by atoms with E-state index in [-0.39, 0.29) is 0 Å². The zero-order valence-electron chi connectivity index (χ0n) is 9.91.